The Kier molecular flexibility index (Phi) is 4.40. The van der Waals surface area contributed by atoms with E-state index in [1.165, 1.54) is 11.1 Å². The molecule has 98 valence electrons. The van der Waals surface area contributed by atoms with Gasteiger partial charge in [0.2, 0.25) is 5.91 Å². The van der Waals surface area contributed by atoms with Crippen LogP contribution in [-0.2, 0) is 11.2 Å². The third-order valence-electron chi connectivity index (χ3n) is 3.53. The molecular formula is C14H19BrN2O. The topological polar surface area (TPSA) is 32.3 Å². The van der Waals surface area contributed by atoms with Crippen LogP contribution in [0, 0.1) is 12.8 Å². The van der Waals surface area contributed by atoms with Crippen molar-refractivity contribution in [2.24, 2.45) is 5.92 Å². The first kappa shape index (κ1) is 13.6. The van der Waals surface area contributed by atoms with Crippen molar-refractivity contribution in [1.82, 2.24) is 10.2 Å². The summed E-state index contributed by atoms with van der Waals surface area (Å²) in [6.45, 7) is 4.56. The Labute approximate surface area is 117 Å². The number of rotatable bonds is 4. The number of benzene rings is 1. The quantitative estimate of drug-likeness (QED) is 0.922. The van der Waals surface area contributed by atoms with E-state index in [0.29, 0.717) is 0 Å². The van der Waals surface area contributed by atoms with Crippen LogP contribution in [0.3, 0.4) is 0 Å². The number of likely N-dealkylation sites (N-methyl/N-ethyl adjacent to an activating group) is 1. The van der Waals surface area contributed by atoms with Crippen LogP contribution in [0.2, 0.25) is 0 Å². The minimum atomic E-state index is 0.193. The Morgan fingerprint density at radius 3 is 2.83 bits per heavy atom. The van der Waals surface area contributed by atoms with Crippen molar-refractivity contribution in [3.63, 3.8) is 0 Å². The van der Waals surface area contributed by atoms with Gasteiger partial charge in [-0.15, -0.1) is 0 Å². The lowest BCUT2D eigenvalue weighted by Crippen LogP contribution is -2.51. The van der Waals surface area contributed by atoms with E-state index in [1.807, 2.05) is 18.0 Å². The van der Waals surface area contributed by atoms with Gasteiger partial charge in [-0.25, -0.2) is 0 Å². The zero-order valence-electron chi connectivity index (χ0n) is 10.9. The number of hydrogen-bond donors (Lipinski definition) is 1. The Balaban J connectivity index is 1.90. The van der Waals surface area contributed by atoms with Crippen molar-refractivity contribution >= 4 is 21.8 Å². The van der Waals surface area contributed by atoms with Gasteiger partial charge in [0.1, 0.15) is 0 Å². The van der Waals surface area contributed by atoms with Crippen LogP contribution in [0.25, 0.3) is 0 Å². The SMILES string of the molecule is Cc1ccc(Br)cc1CCN(C)C(=O)C1CNC1. The second kappa shape index (κ2) is 5.85. The van der Waals surface area contributed by atoms with E-state index >= 15 is 0 Å². The molecule has 3 nitrogen and oxygen atoms in total. The molecule has 1 aromatic rings. The average molecular weight is 311 g/mol. The Hall–Kier alpha value is -0.870. The molecule has 4 heteroatoms. The third-order valence-corrected chi connectivity index (χ3v) is 4.03. The van der Waals surface area contributed by atoms with Crippen molar-refractivity contribution in [2.45, 2.75) is 13.3 Å². The van der Waals surface area contributed by atoms with Crippen LogP contribution in [0.4, 0.5) is 0 Å². The molecular weight excluding hydrogens is 292 g/mol. The summed E-state index contributed by atoms with van der Waals surface area (Å²) in [6.07, 6.45) is 0.910. The first-order valence-electron chi connectivity index (χ1n) is 6.28. The maximum absolute atomic E-state index is 12.0. The molecule has 0 aromatic heterocycles. The molecule has 0 aliphatic carbocycles. The lowest BCUT2D eigenvalue weighted by Gasteiger charge is -2.30. The average Bonchev–Trinajstić information content (AvgIpc) is 2.27. The van der Waals surface area contributed by atoms with Crippen LogP contribution in [0.15, 0.2) is 22.7 Å². The third kappa shape index (κ3) is 3.12. The molecule has 0 radical (unpaired) electrons. The van der Waals surface area contributed by atoms with E-state index in [2.05, 4.69) is 40.3 Å². The van der Waals surface area contributed by atoms with Crippen LogP contribution < -0.4 is 5.32 Å². The van der Waals surface area contributed by atoms with Gasteiger partial charge in [-0.3, -0.25) is 4.79 Å². The van der Waals surface area contributed by atoms with Gasteiger partial charge < -0.3 is 10.2 Å². The minimum Gasteiger partial charge on any atom is -0.345 e. The van der Waals surface area contributed by atoms with E-state index in [9.17, 15) is 4.79 Å². The summed E-state index contributed by atoms with van der Waals surface area (Å²) >= 11 is 3.49. The highest BCUT2D eigenvalue weighted by atomic mass is 79.9. The van der Waals surface area contributed by atoms with E-state index in [4.69, 9.17) is 0 Å². The van der Waals surface area contributed by atoms with Crippen molar-refractivity contribution in [3.8, 4) is 0 Å². The van der Waals surface area contributed by atoms with Crippen molar-refractivity contribution in [3.05, 3.63) is 33.8 Å². The first-order chi connectivity index (χ1) is 8.58. The number of halogens is 1. The molecule has 18 heavy (non-hydrogen) atoms. The Morgan fingerprint density at radius 1 is 1.50 bits per heavy atom. The van der Waals surface area contributed by atoms with Gasteiger partial charge in [0.15, 0.2) is 0 Å². The fraction of sp³-hybridized carbons (Fsp3) is 0.500. The molecule has 2 rings (SSSR count). The lowest BCUT2D eigenvalue weighted by molar-refractivity contribution is -0.135. The molecule has 1 aliphatic rings. The molecule has 0 bridgehead atoms. The lowest BCUT2D eigenvalue weighted by atomic mass is 10.0. The highest BCUT2D eigenvalue weighted by Crippen LogP contribution is 2.17. The smallest absolute Gasteiger partial charge is 0.228 e. The maximum atomic E-state index is 12.0. The Morgan fingerprint density at radius 2 is 2.22 bits per heavy atom. The predicted molar refractivity (Wildman–Crippen MR) is 76.6 cm³/mol. The molecule has 1 aromatic carbocycles. The molecule has 1 saturated heterocycles. The highest BCUT2D eigenvalue weighted by Gasteiger charge is 2.27. The number of amides is 1. The number of carbonyl (C=O) groups is 1. The monoisotopic (exact) mass is 310 g/mol. The highest BCUT2D eigenvalue weighted by molar-refractivity contribution is 9.10. The standard InChI is InChI=1S/C14H19BrN2O/c1-10-3-4-13(15)7-11(10)5-6-17(2)14(18)12-8-16-9-12/h3-4,7,12,16H,5-6,8-9H2,1-2H3. The molecule has 1 fully saturated rings. The molecule has 1 heterocycles. The molecule has 1 N–H and O–H groups in total. The van der Waals surface area contributed by atoms with Crippen molar-refractivity contribution in [1.29, 1.82) is 0 Å². The van der Waals surface area contributed by atoms with E-state index < -0.39 is 0 Å². The number of nitrogens with one attached hydrogen (secondary N) is 1. The van der Waals surface area contributed by atoms with Gasteiger partial charge in [-0.2, -0.15) is 0 Å². The summed E-state index contributed by atoms with van der Waals surface area (Å²) in [7, 11) is 1.90. The van der Waals surface area contributed by atoms with Crippen LogP contribution in [-0.4, -0.2) is 37.5 Å². The number of hydrogen-bond acceptors (Lipinski definition) is 2. The zero-order valence-corrected chi connectivity index (χ0v) is 12.5. The molecule has 0 spiro atoms. The van der Waals surface area contributed by atoms with E-state index in [-0.39, 0.29) is 11.8 Å². The maximum Gasteiger partial charge on any atom is 0.228 e. The first-order valence-corrected chi connectivity index (χ1v) is 7.08. The van der Waals surface area contributed by atoms with Crippen molar-refractivity contribution < 1.29 is 4.79 Å². The summed E-state index contributed by atoms with van der Waals surface area (Å²) in [6, 6.07) is 6.30. The summed E-state index contributed by atoms with van der Waals surface area (Å²) in [5, 5.41) is 3.13. The van der Waals surface area contributed by atoms with Gasteiger partial charge >= 0.3 is 0 Å². The summed E-state index contributed by atoms with van der Waals surface area (Å²) < 4.78 is 1.10. The summed E-state index contributed by atoms with van der Waals surface area (Å²) in [4.78, 5) is 13.8. The number of nitrogens with zero attached hydrogens (tertiary/aromatic N) is 1. The zero-order chi connectivity index (χ0) is 13.1. The summed E-state index contributed by atoms with van der Waals surface area (Å²) in [5.74, 6) is 0.458. The van der Waals surface area contributed by atoms with E-state index in [1.54, 1.807) is 0 Å². The summed E-state index contributed by atoms with van der Waals surface area (Å²) in [5.41, 5.74) is 2.58. The number of carbonyl (C=O) groups excluding carboxylic acids is 1. The van der Waals surface area contributed by atoms with Gasteiger partial charge in [-0.05, 0) is 36.6 Å². The Bertz CT molecular complexity index is 443. The van der Waals surface area contributed by atoms with Crippen LogP contribution >= 0.6 is 15.9 Å². The van der Waals surface area contributed by atoms with Gasteiger partial charge in [0.05, 0.1) is 5.92 Å². The normalized spacial score (nSPS) is 15.3. The van der Waals surface area contributed by atoms with Crippen molar-refractivity contribution in [2.75, 3.05) is 26.7 Å². The fourth-order valence-electron chi connectivity index (χ4n) is 2.08. The van der Waals surface area contributed by atoms with Crippen LogP contribution in [0.1, 0.15) is 11.1 Å². The van der Waals surface area contributed by atoms with E-state index in [0.717, 1.165) is 30.5 Å². The van der Waals surface area contributed by atoms with Crippen LogP contribution in [0.5, 0.6) is 0 Å². The predicted octanol–water partition coefficient (Wildman–Crippen LogP) is 1.98. The molecule has 1 aliphatic heterocycles. The number of aryl methyl sites for hydroxylation is 1. The second-order valence-electron chi connectivity index (χ2n) is 4.94. The second-order valence-corrected chi connectivity index (χ2v) is 5.85. The molecule has 0 saturated carbocycles. The van der Waals surface area contributed by atoms with Gasteiger partial charge in [0.25, 0.3) is 0 Å². The van der Waals surface area contributed by atoms with Gasteiger partial charge in [0, 0.05) is 31.2 Å². The fourth-order valence-corrected chi connectivity index (χ4v) is 2.49. The minimum absolute atomic E-state index is 0.193. The molecule has 0 atom stereocenters. The van der Waals surface area contributed by atoms with Gasteiger partial charge in [-0.1, -0.05) is 22.0 Å². The largest absolute Gasteiger partial charge is 0.345 e. The molecule has 0 unspecified atom stereocenters. The molecule has 1 amide bonds.